The summed E-state index contributed by atoms with van der Waals surface area (Å²) in [7, 11) is 0. The van der Waals surface area contributed by atoms with E-state index in [1.807, 2.05) is 12.4 Å². The summed E-state index contributed by atoms with van der Waals surface area (Å²) in [6.45, 7) is 2.28. The van der Waals surface area contributed by atoms with Crippen molar-refractivity contribution in [2.24, 2.45) is 17.8 Å². The fourth-order valence-corrected chi connectivity index (χ4v) is 4.83. The summed E-state index contributed by atoms with van der Waals surface area (Å²) in [4.78, 5) is 4.11. The molecule has 0 radical (unpaired) electrons. The second-order valence-corrected chi connectivity index (χ2v) is 7.40. The SMILES string of the molecule is CC(c1ccncc1)C(Cl)C1CCC2CCCCC2C1. The van der Waals surface area contributed by atoms with Crippen molar-refractivity contribution >= 4 is 11.6 Å². The summed E-state index contributed by atoms with van der Waals surface area (Å²) in [5.41, 5.74) is 1.34. The molecule has 0 amide bonds. The molecular formula is C18H26ClN. The molecule has 0 saturated heterocycles. The minimum absolute atomic E-state index is 0.278. The normalized spacial score (nSPS) is 33.2. The van der Waals surface area contributed by atoms with E-state index in [4.69, 9.17) is 11.6 Å². The largest absolute Gasteiger partial charge is 0.265 e. The van der Waals surface area contributed by atoms with Gasteiger partial charge in [0.15, 0.2) is 0 Å². The maximum absolute atomic E-state index is 6.86. The van der Waals surface area contributed by atoms with Gasteiger partial charge >= 0.3 is 0 Å². The lowest BCUT2D eigenvalue weighted by Crippen LogP contribution is -2.33. The fourth-order valence-electron chi connectivity index (χ4n) is 4.46. The molecule has 2 heteroatoms. The Morgan fingerprint density at radius 3 is 2.50 bits per heavy atom. The summed E-state index contributed by atoms with van der Waals surface area (Å²) < 4.78 is 0. The number of rotatable bonds is 3. The van der Waals surface area contributed by atoms with Crippen molar-refractivity contribution in [3.05, 3.63) is 30.1 Å². The highest BCUT2D eigenvalue weighted by molar-refractivity contribution is 6.21. The Morgan fingerprint density at radius 1 is 1.05 bits per heavy atom. The molecule has 2 aliphatic carbocycles. The van der Waals surface area contributed by atoms with Gasteiger partial charge in [-0.05, 0) is 60.6 Å². The van der Waals surface area contributed by atoms with Gasteiger partial charge in [-0.2, -0.15) is 0 Å². The minimum atomic E-state index is 0.278. The van der Waals surface area contributed by atoms with Crippen LogP contribution in [0.15, 0.2) is 24.5 Å². The van der Waals surface area contributed by atoms with Crippen LogP contribution in [0.1, 0.15) is 63.4 Å². The van der Waals surface area contributed by atoms with Crippen molar-refractivity contribution in [1.29, 1.82) is 0 Å². The van der Waals surface area contributed by atoms with Gasteiger partial charge in [0.1, 0.15) is 0 Å². The number of hydrogen-bond donors (Lipinski definition) is 0. The molecular weight excluding hydrogens is 266 g/mol. The van der Waals surface area contributed by atoms with Gasteiger partial charge in [0.25, 0.3) is 0 Å². The Bertz CT molecular complexity index is 419. The first kappa shape index (κ1) is 14.4. The molecule has 0 bridgehead atoms. The van der Waals surface area contributed by atoms with Gasteiger partial charge in [0.05, 0.1) is 0 Å². The van der Waals surface area contributed by atoms with E-state index < -0.39 is 0 Å². The molecule has 5 unspecified atom stereocenters. The van der Waals surface area contributed by atoms with Gasteiger partial charge < -0.3 is 0 Å². The summed E-state index contributed by atoms with van der Waals surface area (Å²) in [6, 6.07) is 4.23. The molecule has 2 saturated carbocycles. The van der Waals surface area contributed by atoms with E-state index in [0.29, 0.717) is 11.8 Å². The van der Waals surface area contributed by atoms with E-state index in [9.17, 15) is 0 Å². The third-order valence-electron chi connectivity index (χ3n) is 5.74. The minimum Gasteiger partial charge on any atom is -0.265 e. The fraction of sp³-hybridized carbons (Fsp3) is 0.722. The zero-order chi connectivity index (χ0) is 13.9. The Labute approximate surface area is 128 Å². The quantitative estimate of drug-likeness (QED) is 0.680. The molecule has 0 aliphatic heterocycles. The predicted molar refractivity (Wildman–Crippen MR) is 85.1 cm³/mol. The first-order chi connectivity index (χ1) is 9.75. The third-order valence-corrected chi connectivity index (χ3v) is 6.47. The first-order valence-corrected chi connectivity index (χ1v) is 8.73. The monoisotopic (exact) mass is 291 g/mol. The molecule has 0 aromatic carbocycles. The zero-order valence-electron chi connectivity index (χ0n) is 12.5. The topological polar surface area (TPSA) is 12.9 Å². The van der Waals surface area contributed by atoms with Crippen LogP contribution in [0.4, 0.5) is 0 Å². The highest BCUT2D eigenvalue weighted by Gasteiger charge is 2.36. The summed E-state index contributed by atoms with van der Waals surface area (Å²) in [6.07, 6.45) is 13.7. The molecule has 2 aliphatic rings. The van der Waals surface area contributed by atoms with Crippen molar-refractivity contribution in [2.75, 3.05) is 0 Å². The maximum atomic E-state index is 6.86. The van der Waals surface area contributed by atoms with Crippen molar-refractivity contribution in [3.63, 3.8) is 0 Å². The molecule has 3 rings (SSSR count). The number of aromatic nitrogens is 1. The van der Waals surface area contributed by atoms with E-state index in [2.05, 4.69) is 24.0 Å². The van der Waals surface area contributed by atoms with Crippen LogP contribution in [0.3, 0.4) is 0 Å². The van der Waals surface area contributed by atoms with E-state index in [0.717, 1.165) is 11.8 Å². The molecule has 2 fully saturated rings. The molecule has 0 spiro atoms. The summed E-state index contributed by atoms with van der Waals surface area (Å²) in [5, 5.41) is 0.278. The molecule has 1 nitrogen and oxygen atoms in total. The van der Waals surface area contributed by atoms with Crippen LogP contribution in [0.25, 0.3) is 0 Å². The van der Waals surface area contributed by atoms with Crippen LogP contribution in [-0.4, -0.2) is 10.4 Å². The van der Waals surface area contributed by atoms with E-state index in [1.54, 1.807) is 0 Å². The van der Waals surface area contributed by atoms with Crippen molar-refractivity contribution in [1.82, 2.24) is 4.98 Å². The summed E-state index contributed by atoms with van der Waals surface area (Å²) >= 11 is 6.86. The van der Waals surface area contributed by atoms with Crippen molar-refractivity contribution < 1.29 is 0 Å². The number of fused-ring (bicyclic) bond motifs is 1. The molecule has 0 N–H and O–H groups in total. The summed E-state index contributed by atoms with van der Waals surface area (Å²) in [5.74, 6) is 3.12. The number of nitrogens with zero attached hydrogens (tertiary/aromatic N) is 1. The van der Waals surface area contributed by atoms with Crippen LogP contribution >= 0.6 is 11.6 Å². The Kier molecular flexibility index (Phi) is 4.65. The molecule has 5 atom stereocenters. The van der Waals surface area contributed by atoms with E-state index in [1.165, 1.54) is 50.5 Å². The molecule has 110 valence electrons. The van der Waals surface area contributed by atoms with Crippen LogP contribution < -0.4 is 0 Å². The van der Waals surface area contributed by atoms with Gasteiger partial charge in [0, 0.05) is 17.8 Å². The maximum Gasteiger partial charge on any atom is 0.0430 e. The van der Waals surface area contributed by atoms with Gasteiger partial charge in [-0.25, -0.2) is 0 Å². The van der Waals surface area contributed by atoms with Crippen molar-refractivity contribution in [2.45, 2.75) is 63.2 Å². The average molecular weight is 292 g/mol. The second-order valence-electron chi connectivity index (χ2n) is 6.89. The smallest absolute Gasteiger partial charge is 0.0430 e. The molecule has 1 heterocycles. The van der Waals surface area contributed by atoms with Crippen LogP contribution in [0.2, 0.25) is 0 Å². The molecule has 1 aromatic rings. The van der Waals surface area contributed by atoms with Gasteiger partial charge in [-0.1, -0.05) is 32.6 Å². The number of pyridine rings is 1. The number of hydrogen-bond acceptors (Lipinski definition) is 1. The Balaban J connectivity index is 1.64. The highest BCUT2D eigenvalue weighted by atomic mass is 35.5. The van der Waals surface area contributed by atoms with Crippen LogP contribution in [0, 0.1) is 17.8 Å². The third kappa shape index (κ3) is 3.03. The standard InChI is InChI=1S/C18H26ClN/c1-13(14-8-10-20-11-9-14)18(19)17-7-6-15-4-2-3-5-16(15)12-17/h8-11,13,15-18H,2-7,12H2,1H3. The molecule has 20 heavy (non-hydrogen) atoms. The van der Waals surface area contributed by atoms with Crippen LogP contribution in [-0.2, 0) is 0 Å². The van der Waals surface area contributed by atoms with Gasteiger partial charge in [0.2, 0.25) is 0 Å². The Morgan fingerprint density at radius 2 is 1.75 bits per heavy atom. The zero-order valence-corrected chi connectivity index (χ0v) is 13.2. The molecule has 1 aromatic heterocycles. The first-order valence-electron chi connectivity index (χ1n) is 8.29. The average Bonchev–Trinajstić information content (AvgIpc) is 2.54. The lowest BCUT2D eigenvalue weighted by atomic mass is 9.66. The van der Waals surface area contributed by atoms with E-state index in [-0.39, 0.29) is 5.38 Å². The number of halogens is 1. The van der Waals surface area contributed by atoms with Crippen molar-refractivity contribution in [3.8, 4) is 0 Å². The van der Waals surface area contributed by atoms with Crippen LogP contribution in [0.5, 0.6) is 0 Å². The van der Waals surface area contributed by atoms with Gasteiger partial charge in [-0.3, -0.25) is 4.98 Å². The van der Waals surface area contributed by atoms with E-state index >= 15 is 0 Å². The highest BCUT2D eigenvalue weighted by Crippen LogP contribution is 2.46. The Hall–Kier alpha value is -0.560. The van der Waals surface area contributed by atoms with Gasteiger partial charge in [-0.15, -0.1) is 11.6 Å². The second kappa shape index (κ2) is 6.47. The lowest BCUT2D eigenvalue weighted by Gasteiger charge is -2.41. The lowest BCUT2D eigenvalue weighted by molar-refractivity contribution is 0.124. The number of alkyl halides is 1. The predicted octanol–water partition coefficient (Wildman–Crippen LogP) is 5.40.